The number of methoxy groups -OCH3 is 2. The van der Waals surface area contributed by atoms with Crippen molar-refractivity contribution in [2.24, 2.45) is 0 Å². The van der Waals surface area contributed by atoms with E-state index in [1.807, 2.05) is 29.2 Å². The van der Waals surface area contributed by atoms with E-state index in [1.165, 1.54) is 12.7 Å². The Kier molecular flexibility index (Phi) is 8.33. The highest BCUT2D eigenvalue weighted by Crippen LogP contribution is 2.26. The summed E-state index contributed by atoms with van der Waals surface area (Å²) in [6.45, 7) is 10.4. The number of carbonyl (C=O) groups excluding carboxylic acids is 2. The van der Waals surface area contributed by atoms with Gasteiger partial charge < -0.3 is 19.3 Å². The van der Waals surface area contributed by atoms with Gasteiger partial charge in [0.1, 0.15) is 11.5 Å². The maximum Gasteiger partial charge on any atom is 0.257 e. The molecule has 178 valence electrons. The van der Waals surface area contributed by atoms with Crippen LogP contribution in [0.2, 0.25) is 0 Å². The zero-order valence-electron chi connectivity index (χ0n) is 20.3. The molecule has 0 N–H and O–H groups in total. The Hall–Kier alpha value is -3.06. The van der Waals surface area contributed by atoms with E-state index in [0.717, 1.165) is 13.1 Å². The number of hydrogen-bond donors (Lipinski definition) is 0. The second-order valence-corrected chi connectivity index (χ2v) is 8.50. The monoisotopic (exact) mass is 453 g/mol. The van der Waals surface area contributed by atoms with Crippen LogP contribution in [0.15, 0.2) is 42.5 Å². The summed E-state index contributed by atoms with van der Waals surface area (Å²) in [4.78, 5) is 32.0. The van der Waals surface area contributed by atoms with Crippen LogP contribution in [0.25, 0.3) is 0 Å². The molecule has 0 aliphatic carbocycles. The quantitative estimate of drug-likeness (QED) is 0.612. The Morgan fingerprint density at radius 3 is 2.03 bits per heavy atom. The average Bonchev–Trinajstić information content (AvgIpc) is 2.86. The van der Waals surface area contributed by atoms with E-state index in [1.54, 1.807) is 30.2 Å². The van der Waals surface area contributed by atoms with Crippen molar-refractivity contribution in [3.05, 3.63) is 59.2 Å². The summed E-state index contributed by atoms with van der Waals surface area (Å²) in [5, 5.41) is 0. The molecule has 0 bridgehead atoms. The molecule has 1 saturated heterocycles. The predicted octanol–water partition coefficient (Wildman–Crippen LogP) is 3.53. The zero-order valence-corrected chi connectivity index (χ0v) is 20.3. The molecule has 0 unspecified atom stereocenters. The van der Waals surface area contributed by atoms with Crippen molar-refractivity contribution in [2.75, 3.05) is 46.9 Å². The van der Waals surface area contributed by atoms with Crippen LogP contribution >= 0.6 is 0 Å². The minimum absolute atomic E-state index is 0.00637. The summed E-state index contributed by atoms with van der Waals surface area (Å²) in [7, 11) is 3.11. The normalized spacial score (nSPS) is 14.0. The Morgan fingerprint density at radius 2 is 1.52 bits per heavy atom. The van der Waals surface area contributed by atoms with Gasteiger partial charge in [0.15, 0.2) is 0 Å². The smallest absolute Gasteiger partial charge is 0.257 e. The highest BCUT2D eigenvalue weighted by Gasteiger charge is 2.27. The largest absolute Gasteiger partial charge is 0.497 e. The summed E-state index contributed by atoms with van der Waals surface area (Å²) < 4.78 is 10.6. The third-order valence-corrected chi connectivity index (χ3v) is 6.22. The summed E-state index contributed by atoms with van der Waals surface area (Å²) in [5.41, 5.74) is 2.38. The highest BCUT2D eigenvalue weighted by atomic mass is 16.5. The maximum atomic E-state index is 13.0. The van der Waals surface area contributed by atoms with Crippen molar-refractivity contribution in [1.82, 2.24) is 14.7 Å². The van der Waals surface area contributed by atoms with Gasteiger partial charge in [-0.1, -0.05) is 19.1 Å². The number of benzene rings is 2. The van der Waals surface area contributed by atoms with E-state index >= 15 is 0 Å². The maximum absolute atomic E-state index is 13.0. The lowest BCUT2D eigenvalue weighted by Crippen LogP contribution is -2.50. The van der Waals surface area contributed by atoms with E-state index < -0.39 is 0 Å². The minimum atomic E-state index is -0.100. The first-order valence-corrected chi connectivity index (χ1v) is 11.5. The van der Waals surface area contributed by atoms with Crippen LogP contribution in [0.4, 0.5) is 0 Å². The highest BCUT2D eigenvalue weighted by molar-refractivity contribution is 5.98. The minimum Gasteiger partial charge on any atom is -0.497 e. The molecule has 7 heteroatoms. The first kappa shape index (κ1) is 24.6. The van der Waals surface area contributed by atoms with Gasteiger partial charge in [0.2, 0.25) is 0 Å². The molecule has 1 aliphatic heterocycles. The van der Waals surface area contributed by atoms with Crippen molar-refractivity contribution in [1.29, 1.82) is 0 Å². The summed E-state index contributed by atoms with van der Waals surface area (Å²) >= 11 is 0. The molecule has 1 aliphatic rings. The van der Waals surface area contributed by atoms with E-state index in [9.17, 15) is 9.59 Å². The van der Waals surface area contributed by atoms with Gasteiger partial charge in [0.25, 0.3) is 11.8 Å². The molecule has 1 heterocycles. The lowest BCUT2D eigenvalue weighted by molar-refractivity contribution is 0.0533. The fourth-order valence-electron chi connectivity index (χ4n) is 4.09. The SMILES string of the molecule is CCN(Cc1ccc(C(=O)N2CCN(C(=O)c3ccc(OC)cc3OC)CC2)cc1)C(C)C. The van der Waals surface area contributed by atoms with Crippen LogP contribution in [0, 0.1) is 0 Å². The fraction of sp³-hybridized carbons (Fsp3) is 0.462. The summed E-state index contributed by atoms with van der Waals surface area (Å²) in [5.74, 6) is 1.02. The molecule has 0 atom stereocenters. The molecule has 2 aromatic carbocycles. The van der Waals surface area contributed by atoms with Crippen LogP contribution in [-0.2, 0) is 6.54 Å². The van der Waals surface area contributed by atoms with Gasteiger partial charge in [0, 0.05) is 50.4 Å². The first-order valence-electron chi connectivity index (χ1n) is 11.5. The number of carbonyl (C=O) groups is 2. The zero-order chi connectivity index (χ0) is 24.0. The average molecular weight is 454 g/mol. The van der Waals surface area contributed by atoms with Crippen LogP contribution in [0.3, 0.4) is 0 Å². The molecule has 0 saturated carbocycles. The fourth-order valence-corrected chi connectivity index (χ4v) is 4.09. The number of rotatable bonds is 8. The lowest BCUT2D eigenvalue weighted by atomic mass is 10.1. The summed E-state index contributed by atoms with van der Waals surface area (Å²) in [6.07, 6.45) is 0. The number of piperazine rings is 1. The molecule has 33 heavy (non-hydrogen) atoms. The molecule has 1 fully saturated rings. The Labute approximate surface area is 196 Å². The first-order chi connectivity index (χ1) is 15.9. The Bertz CT molecular complexity index is 951. The van der Waals surface area contributed by atoms with Crippen molar-refractivity contribution in [2.45, 2.75) is 33.4 Å². The lowest BCUT2D eigenvalue weighted by Gasteiger charge is -2.35. The predicted molar refractivity (Wildman–Crippen MR) is 129 cm³/mol. The van der Waals surface area contributed by atoms with Gasteiger partial charge in [-0.2, -0.15) is 0 Å². The van der Waals surface area contributed by atoms with E-state index in [2.05, 4.69) is 25.7 Å². The van der Waals surface area contributed by atoms with Crippen molar-refractivity contribution < 1.29 is 19.1 Å². The molecule has 2 amide bonds. The topological polar surface area (TPSA) is 62.3 Å². The van der Waals surface area contributed by atoms with Crippen molar-refractivity contribution in [3.8, 4) is 11.5 Å². The number of amides is 2. The van der Waals surface area contributed by atoms with Gasteiger partial charge in [-0.25, -0.2) is 0 Å². The van der Waals surface area contributed by atoms with Crippen molar-refractivity contribution >= 4 is 11.8 Å². The van der Waals surface area contributed by atoms with Gasteiger partial charge in [-0.3, -0.25) is 14.5 Å². The number of nitrogens with zero attached hydrogens (tertiary/aromatic N) is 3. The standard InChI is InChI=1S/C26H35N3O4/c1-6-27(19(2)3)18-20-7-9-21(10-8-20)25(30)28-13-15-29(16-14-28)26(31)23-12-11-22(32-4)17-24(23)33-5/h7-12,17,19H,6,13-16,18H2,1-5H3. The molecular weight excluding hydrogens is 418 g/mol. The number of ether oxygens (including phenoxy) is 2. The van der Waals surface area contributed by atoms with Gasteiger partial charge in [-0.05, 0) is 50.2 Å². The summed E-state index contributed by atoms with van der Waals surface area (Å²) in [6, 6.07) is 13.5. The third kappa shape index (κ3) is 5.85. The molecule has 7 nitrogen and oxygen atoms in total. The molecule has 3 rings (SSSR count). The van der Waals surface area contributed by atoms with Gasteiger partial charge in [0.05, 0.1) is 19.8 Å². The van der Waals surface area contributed by atoms with Gasteiger partial charge in [-0.15, -0.1) is 0 Å². The molecule has 0 aromatic heterocycles. The molecule has 2 aromatic rings. The van der Waals surface area contributed by atoms with E-state index in [4.69, 9.17) is 9.47 Å². The van der Waals surface area contributed by atoms with Crippen LogP contribution in [0.5, 0.6) is 11.5 Å². The molecular formula is C26H35N3O4. The van der Waals surface area contributed by atoms with E-state index in [-0.39, 0.29) is 11.8 Å². The van der Waals surface area contributed by atoms with E-state index in [0.29, 0.717) is 54.8 Å². The molecule has 0 spiro atoms. The third-order valence-electron chi connectivity index (χ3n) is 6.22. The van der Waals surface area contributed by atoms with Crippen molar-refractivity contribution in [3.63, 3.8) is 0 Å². The second-order valence-electron chi connectivity index (χ2n) is 8.50. The van der Waals surface area contributed by atoms with Gasteiger partial charge >= 0.3 is 0 Å². The molecule has 0 radical (unpaired) electrons. The van der Waals surface area contributed by atoms with Crippen LogP contribution < -0.4 is 9.47 Å². The van der Waals surface area contributed by atoms with Crippen LogP contribution in [-0.4, -0.2) is 79.5 Å². The Morgan fingerprint density at radius 1 is 0.909 bits per heavy atom. The second kappa shape index (κ2) is 11.2. The number of hydrogen-bond acceptors (Lipinski definition) is 5. The Balaban J connectivity index is 1.59. The van der Waals surface area contributed by atoms with Crippen LogP contribution in [0.1, 0.15) is 47.1 Å².